The monoisotopic (exact) mass is 469 g/mol. The Morgan fingerprint density at radius 3 is 1.54 bits per heavy atom. The van der Waals surface area contributed by atoms with E-state index in [0.717, 1.165) is 50.4 Å². The van der Waals surface area contributed by atoms with Crippen LogP contribution in [0.2, 0.25) is 0 Å². The Hall–Kier alpha value is -4.12. The number of ether oxygens (including phenoxy) is 1. The number of hydrogen-bond acceptors (Lipinski definition) is 5. The Labute approximate surface area is 206 Å². The minimum Gasteiger partial charge on any atom is -0.508 e. The van der Waals surface area contributed by atoms with Crippen LogP contribution in [0.1, 0.15) is 33.4 Å². The average molecular weight is 470 g/mol. The van der Waals surface area contributed by atoms with Gasteiger partial charge in [-0.15, -0.1) is 0 Å². The molecule has 0 aliphatic heterocycles. The molecule has 3 N–H and O–H groups in total. The van der Waals surface area contributed by atoms with Crippen molar-refractivity contribution in [1.82, 2.24) is 0 Å². The molecule has 0 spiro atoms. The van der Waals surface area contributed by atoms with Crippen molar-refractivity contribution in [3.8, 4) is 28.7 Å². The quantitative estimate of drug-likeness (QED) is 0.277. The number of anilines is 3. The normalized spacial score (nSPS) is 10.9. The van der Waals surface area contributed by atoms with Crippen LogP contribution in [0.15, 0.2) is 60.7 Å². The topological polar surface area (TPSA) is 73.2 Å². The van der Waals surface area contributed by atoms with Gasteiger partial charge in [-0.05, 0) is 111 Å². The van der Waals surface area contributed by atoms with Gasteiger partial charge in [0.25, 0.3) is 0 Å². The molecule has 0 radical (unpaired) electrons. The Morgan fingerprint density at radius 2 is 1.03 bits per heavy atom. The molecule has 4 aromatic rings. The van der Waals surface area contributed by atoms with Crippen LogP contribution in [-0.2, 0) is 0 Å². The van der Waals surface area contributed by atoms with Gasteiger partial charge in [-0.3, -0.25) is 0 Å². The first-order chi connectivity index (χ1) is 16.5. The van der Waals surface area contributed by atoms with Gasteiger partial charge in [0.15, 0.2) is 0 Å². The first-order valence-corrected chi connectivity index (χ1v) is 11.5. The van der Waals surface area contributed by atoms with Gasteiger partial charge in [0.05, 0.1) is 11.4 Å². The zero-order valence-electron chi connectivity index (χ0n) is 21.0. The van der Waals surface area contributed by atoms with Gasteiger partial charge in [0.1, 0.15) is 28.7 Å². The molecule has 5 nitrogen and oxygen atoms in total. The van der Waals surface area contributed by atoms with E-state index in [1.807, 2.05) is 70.7 Å². The maximum Gasteiger partial charge on any atom is 0.133 e. The smallest absolute Gasteiger partial charge is 0.133 e. The lowest BCUT2D eigenvalue weighted by Gasteiger charge is -2.30. The second-order valence-corrected chi connectivity index (χ2v) is 9.16. The van der Waals surface area contributed by atoms with Crippen molar-refractivity contribution in [3.05, 3.63) is 94.0 Å². The van der Waals surface area contributed by atoms with E-state index in [1.54, 1.807) is 36.4 Å². The summed E-state index contributed by atoms with van der Waals surface area (Å²) >= 11 is 0. The van der Waals surface area contributed by atoms with Crippen molar-refractivity contribution in [2.75, 3.05) is 4.90 Å². The molecular weight excluding hydrogens is 438 g/mol. The third kappa shape index (κ3) is 4.76. The zero-order valence-corrected chi connectivity index (χ0v) is 21.0. The molecule has 0 aromatic heterocycles. The van der Waals surface area contributed by atoms with Crippen molar-refractivity contribution < 1.29 is 20.1 Å². The number of phenolic OH excluding ortho intramolecular Hbond substituents is 3. The molecule has 0 fully saturated rings. The van der Waals surface area contributed by atoms with Crippen LogP contribution in [0.3, 0.4) is 0 Å². The highest BCUT2D eigenvalue weighted by atomic mass is 16.5. The summed E-state index contributed by atoms with van der Waals surface area (Å²) in [6.07, 6.45) is 0. The summed E-state index contributed by atoms with van der Waals surface area (Å²) in [7, 11) is 0. The summed E-state index contributed by atoms with van der Waals surface area (Å²) in [6, 6.07) is 18.0. The Kier molecular flexibility index (Phi) is 6.35. The second kappa shape index (κ2) is 9.26. The molecule has 35 heavy (non-hydrogen) atoms. The standard InChI is InChI=1S/C30H31NO4/c1-17-10-25(33)15-28(21(17)5)31(29-16-26(34)11-18(2)22(29)6)23-8-7-9-27(14-23)35-30-19(3)12-24(32)13-20(30)4/h7-16,32-34H,1-6H3. The van der Waals surface area contributed by atoms with Crippen molar-refractivity contribution in [1.29, 1.82) is 0 Å². The van der Waals surface area contributed by atoms with Crippen molar-refractivity contribution in [2.24, 2.45) is 0 Å². The Bertz CT molecular complexity index is 1340. The number of rotatable bonds is 5. The Morgan fingerprint density at radius 1 is 0.571 bits per heavy atom. The highest BCUT2D eigenvalue weighted by Gasteiger charge is 2.21. The third-order valence-electron chi connectivity index (χ3n) is 6.47. The number of hydrogen-bond donors (Lipinski definition) is 3. The van der Waals surface area contributed by atoms with E-state index >= 15 is 0 Å². The van der Waals surface area contributed by atoms with Crippen LogP contribution >= 0.6 is 0 Å². The summed E-state index contributed by atoms with van der Waals surface area (Å²) < 4.78 is 6.28. The molecule has 4 rings (SSSR count). The number of aryl methyl sites for hydroxylation is 4. The van der Waals surface area contributed by atoms with Gasteiger partial charge in [0, 0.05) is 23.9 Å². The maximum absolute atomic E-state index is 10.5. The summed E-state index contributed by atoms with van der Waals surface area (Å²) in [5.41, 5.74) is 8.06. The number of phenols is 3. The van der Waals surface area contributed by atoms with E-state index in [2.05, 4.69) is 0 Å². The second-order valence-electron chi connectivity index (χ2n) is 9.16. The third-order valence-corrected chi connectivity index (χ3v) is 6.47. The summed E-state index contributed by atoms with van der Waals surface area (Å²) in [4.78, 5) is 2.04. The van der Waals surface area contributed by atoms with E-state index in [9.17, 15) is 15.3 Å². The Balaban J connectivity index is 1.91. The fourth-order valence-electron chi connectivity index (χ4n) is 4.41. The van der Waals surface area contributed by atoms with Gasteiger partial charge in [-0.25, -0.2) is 0 Å². The minimum atomic E-state index is 0.172. The molecule has 4 aromatic carbocycles. The fraction of sp³-hybridized carbons (Fsp3) is 0.200. The molecule has 5 heteroatoms. The largest absolute Gasteiger partial charge is 0.508 e. The SMILES string of the molecule is Cc1cc(O)cc(N(c2cccc(Oc3c(C)cc(O)cc3C)c2)c2cc(O)cc(C)c2C)c1C. The summed E-state index contributed by atoms with van der Waals surface area (Å²) in [5, 5.41) is 30.8. The molecule has 0 atom stereocenters. The van der Waals surface area contributed by atoms with Crippen LogP contribution in [0, 0.1) is 41.5 Å². The lowest BCUT2D eigenvalue weighted by molar-refractivity contribution is 0.458. The van der Waals surface area contributed by atoms with E-state index in [1.165, 1.54) is 0 Å². The van der Waals surface area contributed by atoms with Crippen LogP contribution in [0.25, 0.3) is 0 Å². The molecule has 0 unspecified atom stereocenters. The van der Waals surface area contributed by atoms with E-state index in [-0.39, 0.29) is 17.2 Å². The van der Waals surface area contributed by atoms with Crippen molar-refractivity contribution >= 4 is 17.1 Å². The zero-order chi connectivity index (χ0) is 25.4. The van der Waals surface area contributed by atoms with Crippen LogP contribution in [-0.4, -0.2) is 15.3 Å². The summed E-state index contributed by atoms with van der Waals surface area (Å²) in [5.74, 6) is 1.88. The molecule has 180 valence electrons. The molecule has 0 amide bonds. The molecule has 0 saturated heterocycles. The lowest BCUT2D eigenvalue weighted by Crippen LogP contribution is -2.14. The predicted octanol–water partition coefficient (Wildman–Crippen LogP) is 7.92. The van der Waals surface area contributed by atoms with Gasteiger partial charge in [-0.1, -0.05) is 6.07 Å². The minimum absolute atomic E-state index is 0.172. The van der Waals surface area contributed by atoms with Gasteiger partial charge in [-0.2, -0.15) is 0 Å². The van der Waals surface area contributed by atoms with Crippen molar-refractivity contribution in [3.63, 3.8) is 0 Å². The number of nitrogens with zero attached hydrogens (tertiary/aromatic N) is 1. The van der Waals surface area contributed by atoms with Crippen LogP contribution in [0.4, 0.5) is 17.1 Å². The first-order valence-electron chi connectivity index (χ1n) is 11.5. The first kappa shape index (κ1) is 24.0. The predicted molar refractivity (Wildman–Crippen MR) is 141 cm³/mol. The van der Waals surface area contributed by atoms with E-state index < -0.39 is 0 Å². The molecule has 0 saturated carbocycles. The van der Waals surface area contributed by atoms with Gasteiger partial charge >= 0.3 is 0 Å². The fourth-order valence-corrected chi connectivity index (χ4v) is 4.41. The molecule has 0 heterocycles. The van der Waals surface area contributed by atoms with Gasteiger partial charge < -0.3 is 25.0 Å². The molecular formula is C30H31NO4. The van der Waals surface area contributed by atoms with E-state index in [0.29, 0.717) is 11.5 Å². The molecule has 0 bridgehead atoms. The highest BCUT2D eigenvalue weighted by Crippen LogP contribution is 2.44. The highest BCUT2D eigenvalue weighted by molar-refractivity contribution is 5.83. The average Bonchev–Trinajstić information content (AvgIpc) is 2.77. The lowest BCUT2D eigenvalue weighted by atomic mass is 10.0. The summed E-state index contributed by atoms with van der Waals surface area (Å²) in [6.45, 7) is 11.8. The van der Waals surface area contributed by atoms with E-state index in [4.69, 9.17) is 4.74 Å². The molecule has 0 aliphatic carbocycles. The number of benzene rings is 4. The number of aromatic hydroxyl groups is 3. The maximum atomic E-state index is 10.5. The van der Waals surface area contributed by atoms with Crippen LogP contribution < -0.4 is 9.64 Å². The molecule has 0 aliphatic rings. The van der Waals surface area contributed by atoms with Gasteiger partial charge in [0.2, 0.25) is 0 Å². The van der Waals surface area contributed by atoms with Crippen LogP contribution in [0.5, 0.6) is 28.7 Å². The van der Waals surface area contributed by atoms with Crippen molar-refractivity contribution in [2.45, 2.75) is 41.5 Å².